The van der Waals surface area contributed by atoms with Gasteiger partial charge in [0.25, 0.3) is 21.0 Å². The maximum absolute atomic E-state index is 14.3. The van der Waals surface area contributed by atoms with Crippen molar-refractivity contribution in [1.29, 1.82) is 0 Å². The van der Waals surface area contributed by atoms with Crippen LogP contribution in [0.25, 0.3) is 5.78 Å². The van der Waals surface area contributed by atoms with Crippen LogP contribution in [-0.2, 0) is 52.9 Å². The summed E-state index contributed by atoms with van der Waals surface area (Å²) in [5, 5.41) is 13.9. The third-order valence-corrected chi connectivity index (χ3v) is 12.6. The van der Waals surface area contributed by atoms with Crippen molar-refractivity contribution in [2.45, 2.75) is 42.9 Å². The molecule has 30 heteroatoms. The second kappa shape index (κ2) is 25.3. The summed E-state index contributed by atoms with van der Waals surface area (Å²) in [6, 6.07) is 7.30. The van der Waals surface area contributed by atoms with Gasteiger partial charge < -0.3 is 33.7 Å². The van der Waals surface area contributed by atoms with Crippen LogP contribution in [0, 0.1) is 12.7 Å². The molecule has 0 radical (unpaired) electrons. The van der Waals surface area contributed by atoms with Crippen LogP contribution in [0.2, 0.25) is 15.1 Å². The number of benzene rings is 2. The molecule has 0 bridgehead atoms. The Kier molecular flexibility index (Phi) is 21.5. The molecule has 1 aliphatic rings. The average molecular weight is 1070 g/mol. The van der Waals surface area contributed by atoms with E-state index in [-0.39, 0.29) is 54.6 Å². The van der Waals surface area contributed by atoms with Crippen LogP contribution >= 0.6 is 65.5 Å². The number of carbonyl (C=O) groups excluding carboxylic acids is 1. The van der Waals surface area contributed by atoms with Crippen LogP contribution < -0.4 is 34.1 Å². The number of rotatable bonds is 13. The molecular formula is C35H44Cl3FN9O12PS4. The van der Waals surface area contributed by atoms with E-state index >= 15 is 0 Å². The smallest absolute Gasteiger partial charge is 0.325 e. The molecular weight excluding hydrogens is 1020 g/mol. The van der Waals surface area contributed by atoms with Gasteiger partial charge in [-0.05, 0) is 65.8 Å². The fourth-order valence-corrected chi connectivity index (χ4v) is 8.75. The highest BCUT2D eigenvalue weighted by molar-refractivity contribution is 8.00. The number of sulfonamides is 1. The standard InChI is InChI=1S/C15H15ClFN3O3S2.C14H13Cl2N5O4S.C3H8NO5P.C3H9S/c1-23-13(21)8-24-12-7-11(10(17)6-9(12)16)18-14-19-4-2-3-5-20(19)15(22)25-14;1-7-4-5-8(15)12(11(7)16)20-26(22,23)14-18-13-17-9(24-2)6-10(25-3)21(13)19-14;5-3(6)1-4-2-10(7,8)9;1-4(2)3/h6-7H,2-5,8H2,1H3;4-6,20H,1-3H3;4H,1-2H2,(H,5,6)(H2,7,8,9);1-3H3/q;;;+1/p-1/b18-14-;;;. The number of aryl methyl sites for hydroxylation is 1. The fourth-order valence-electron chi connectivity index (χ4n) is 4.83. The van der Waals surface area contributed by atoms with Gasteiger partial charge in [-0.15, -0.1) is 16.9 Å². The minimum absolute atomic E-state index is 0.0111. The lowest BCUT2D eigenvalue weighted by Crippen LogP contribution is -2.31. The molecule has 4 N–H and O–H groups in total. The molecule has 6 rings (SSSR count). The van der Waals surface area contributed by atoms with Gasteiger partial charge in [0.05, 0.1) is 85.5 Å². The van der Waals surface area contributed by atoms with Crippen LogP contribution in [0.15, 0.2) is 50.2 Å². The summed E-state index contributed by atoms with van der Waals surface area (Å²) in [6.07, 6.45) is 7.77. The van der Waals surface area contributed by atoms with Crippen molar-refractivity contribution in [2.75, 3.05) is 63.4 Å². The molecule has 0 amide bonds. The number of fused-ring (bicyclic) bond motifs is 2. The first-order valence-corrected chi connectivity index (χ1v) is 26.9. The zero-order chi connectivity index (χ0) is 48.8. The van der Waals surface area contributed by atoms with E-state index in [0.717, 1.165) is 46.5 Å². The van der Waals surface area contributed by atoms with Crippen LogP contribution in [-0.4, -0.2) is 118 Å². The third-order valence-electron chi connectivity index (χ3n) is 7.69. The van der Waals surface area contributed by atoms with Gasteiger partial charge in [0.2, 0.25) is 16.6 Å². The summed E-state index contributed by atoms with van der Waals surface area (Å²) in [5.74, 6) is -1.71. The van der Waals surface area contributed by atoms with Crippen molar-refractivity contribution in [3.8, 4) is 11.8 Å². The second-order valence-corrected chi connectivity index (χ2v) is 22.0. The van der Waals surface area contributed by atoms with Gasteiger partial charge in [0.15, 0.2) is 0 Å². The number of halogens is 4. The quantitative estimate of drug-likeness (QED) is 0.0561. The highest BCUT2D eigenvalue weighted by Gasteiger charge is 2.25. The number of esters is 1. The summed E-state index contributed by atoms with van der Waals surface area (Å²) >= 11 is 20.4. The maximum Gasteiger partial charge on any atom is 0.325 e. The number of hydrogen-bond acceptors (Lipinski definition) is 17. The molecule has 3 aromatic heterocycles. The number of aliphatic carboxylic acids is 1. The Morgan fingerprint density at radius 3 is 2.29 bits per heavy atom. The monoisotopic (exact) mass is 1070 g/mol. The molecule has 1 unspecified atom stereocenters. The summed E-state index contributed by atoms with van der Waals surface area (Å²) in [6.45, 7) is 2.57. The van der Waals surface area contributed by atoms with Crippen molar-refractivity contribution in [1.82, 2.24) is 34.3 Å². The van der Waals surface area contributed by atoms with Gasteiger partial charge in [-0.3, -0.25) is 29.1 Å². The molecule has 4 heterocycles. The third kappa shape index (κ3) is 17.0. The van der Waals surface area contributed by atoms with Crippen molar-refractivity contribution in [2.24, 2.45) is 4.99 Å². The maximum atomic E-state index is 14.3. The van der Waals surface area contributed by atoms with Gasteiger partial charge in [0, 0.05) is 18.0 Å². The number of carboxylic acid groups (broad SMARTS) is 1. The molecule has 5 aromatic rings. The first-order chi connectivity index (χ1) is 30.4. The lowest BCUT2D eigenvalue weighted by molar-refractivity contribution is -0.193. The molecule has 0 aliphatic carbocycles. The molecule has 0 saturated carbocycles. The highest BCUT2D eigenvalue weighted by atomic mass is 35.5. The zero-order valence-electron chi connectivity index (χ0n) is 35.5. The Morgan fingerprint density at radius 2 is 1.71 bits per heavy atom. The Morgan fingerprint density at radius 1 is 1.06 bits per heavy atom. The lowest BCUT2D eigenvalue weighted by atomic mass is 10.2. The number of aromatic nitrogens is 6. The van der Waals surface area contributed by atoms with Gasteiger partial charge >= 0.3 is 16.8 Å². The molecule has 1 aliphatic heterocycles. The molecule has 0 saturated heterocycles. The van der Waals surface area contributed by atoms with Crippen molar-refractivity contribution >= 4 is 116 Å². The molecule has 358 valence electrons. The predicted octanol–water partition coefficient (Wildman–Crippen LogP) is 4.01. The first kappa shape index (κ1) is 55.4. The van der Waals surface area contributed by atoms with Crippen LogP contribution in [0.5, 0.6) is 11.8 Å². The van der Waals surface area contributed by atoms with E-state index < -0.39 is 53.4 Å². The number of carboxylic acids is 1. The molecule has 1 atom stereocenters. The number of anilines is 1. The van der Waals surface area contributed by atoms with Crippen molar-refractivity contribution in [3.05, 3.63) is 71.2 Å². The first-order valence-electron chi connectivity index (χ1n) is 18.2. The van der Waals surface area contributed by atoms with E-state index in [2.05, 4.69) is 48.3 Å². The predicted molar refractivity (Wildman–Crippen MR) is 247 cm³/mol. The van der Waals surface area contributed by atoms with Gasteiger partial charge in [-0.2, -0.15) is 22.9 Å². The lowest BCUT2D eigenvalue weighted by Gasteiger charge is -2.15. The van der Waals surface area contributed by atoms with Gasteiger partial charge in [-0.25, -0.2) is 14.1 Å². The van der Waals surface area contributed by atoms with Crippen LogP contribution in [0.4, 0.5) is 15.8 Å². The normalized spacial score (nSPS) is 13.2. The molecule has 2 aromatic carbocycles. The number of ether oxygens (including phenoxy) is 3. The Hall–Kier alpha value is -3.95. The van der Waals surface area contributed by atoms with E-state index in [4.69, 9.17) is 54.3 Å². The number of nitrogens with zero attached hydrogens (tertiary/aromatic N) is 7. The van der Waals surface area contributed by atoms with Crippen LogP contribution in [0.1, 0.15) is 18.4 Å². The number of hydrogen-bond donors (Lipinski definition) is 4. The largest absolute Gasteiger partial charge is 0.778 e. The summed E-state index contributed by atoms with van der Waals surface area (Å²) in [4.78, 5) is 64.2. The topological polar surface area (TPSA) is 283 Å². The Balaban J connectivity index is 0.000000269. The van der Waals surface area contributed by atoms with E-state index in [1.807, 2.05) is 5.32 Å². The fraction of sp³-hybridized carbons (Fsp3) is 0.400. The van der Waals surface area contributed by atoms with Crippen molar-refractivity contribution in [3.63, 3.8) is 0 Å². The Bertz CT molecular complexity index is 2770. The van der Waals surface area contributed by atoms with Crippen molar-refractivity contribution < 1.29 is 56.1 Å². The van der Waals surface area contributed by atoms with Crippen LogP contribution in [0.3, 0.4) is 0 Å². The zero-order valence-corrected chi connectivity index (χ0v) is 42.0. The summed E-state index contributed by atoms with van der Waals surface area (Å²) in [5.41, 5.74) is 0.786. The van der Waals surface area contributed by atoms with Gasteiger partial charge in [0.1, 0.15) is 19.1 Å². The Labute approximate surface area is 397 Å². The van der Waals surface area contributed by atoms with E-state index in [1.165, 1.54) is 39.5 Å². The highest BCUT2D eigenvalue weighted by Crippen LogP contribution is 2.35. The number of carbonyl (C=O) groups is 2. The van der Waals surface area contributed by atoms with E-state index in [1.54, 1.807) is 22.4 Å². The molecule has 21 nitrogen and oxygen atoms in total. The van der Waals surface area contributed by atoms with E-state index in [9.17, 15) is 36.7 Å². The summed E-state index contributed by atoms with van der Waals surface area (Å²) < 4.78 is 71.2. The SMILES string of the molecule is COC(=O)CSc1cc(/N=c2\sc(=O)n3n2CCCC3)c(F)cc1Cl.COc1cc(OC)n2nc(S(=O)(=O)Nc3c(Cl)ccc(C)c3Cl)nc2n1.C[S+](C)C.O=C(O)CNCP(=O)([O-])O. The molecule has 0 fully saturated rings. The molecule has 65 heavy (non-hydrogen) atoms. The number of methoxy groups -OCH3 is 3. The minimum atomic E-state index is -4.35. The minimum Gasteiger partial charge on any atom is -0.778 e. The molecule has 0 spiro atoms. The number of nitrogens with one attached hydrogen (secondary N) is 2. The number of thioether (sulfide) groups is 1. The summed E-state index contributed by atoms with van der Waals surface area (Å²) in [7, 11) is -3.78. The van der Waals surface area contributed by atoms with E-state index in [0.29, 0.717) is 39.2 Å². The second-order valence-electron chi connectivity index (χ2n) is 13.3. The average Bonchev–Trinajstić information content (AvgIpc) is 3.82. The van der Waals surface area contributed by atoms with Gasteiger partial charge in [-0.1, -0.05) is 40.9 Å².